The Bertz CT molecular complexity index is 851. The third-order valence-corrected chi connectivity index (χ3v) is 4.03. The van der Waals surface area contributed by atoms with Crippen molar-refractivity contribution in [3.63, 3.8) is 0 Å². The molecule has 26 heavy (non-hydrogen) atoms. The van der Waals surface area contributed by atoms with Crippen LogP contribution in [0.5, 0.6) is 5.75 Å². The minimum absolute atomic E-state index is 0.156. The minimum atomic E-state index is -0.541. The number of likely N-dealkylation sites (N-methyl/N-ethyl adjacent to an activating group) is 1. The van der Waals surface area contributed by atoms with Gasteiger partial charge in [0.2, 0.25) is 5.91 Å². The Morgan fingerprint density at radius 1 is 1.15 bits per heavy atom. The van der Waals surface area contributed by atoms with Crippen molar-refractivity contribution in [2.75, 3.05) is 23.8 Å². The lowest BCUT2D eigenvalue weighted by atomic mass is 10.2. The molecule has 0 unspecified atom stereocenters. The van der Waals surface area contributed by atoms with Crippen molar-refractivity contribution in [3.05, 3.63) is 54.1 Å². The zero-order valence-corrected chi connectivity index (χ0v) is 14.5. The largest absolute Gasteiger partial charge is 0.479 e. The van der Waals surface area contributed by atoms with Crippen LogP contribution in [0, 0.1) is 0 Å². The average molecular weight is 353 g/mol. The van der Waals surface area contributed by atoms with Crippen molar-refractivity contribution >= 4 is 29.1 Å². The Balaban J connectivity index is 1.62. The van der Waals surface area contributed by atoms with E-state index >= 15 is 0 Å². The van der Waals surface area contributed by atoms with Crippen molar-refractivity contribution < 1.29 is 19.1 Å². The molecule has 1 atom stereocenters. The Morgan fingerprint density at radius 2 is 1.88 bits per heavy atom. The molecule has 0 saturated carbocycles. The minimum Gasteiger partial charge on any atom is -0.479 e. The molecular weight excluding hydrogens is 334 g/mol. The molecule has 0 radical (unpaired) electrons. The quantitative estimate of drug-likeness (QED) is 0.877. The fourth-order valence-electron chi connectivity index (χ4n) is 2.65. The van der Waals surface area contributed by atoms with Crippen molar-refractivity contribution in [2.45, 2.75) is 13.0 Å². The molecule has 3 rings (SSSR count). The summed E-state index contributed by atoms with van der Waals surface area (Å²) >= 11 is 0. The molecule has 7 heteroatoms. The van der Waals surface area contributed by atoms with Crippen LogP contribution in [-0.2, 0) is 9.59 Å². The number of anilines is 2. The molecule has 0 aromatic heterocycles. The number of carbonyl (C=O) groups is 3. The molecule has 0 spiro atoms. The second-order valence-electron chi connectivity index (χ2n) is 5.94. The molecule has 2 aromatic rings. The van der Waals surface area contributed by atoms with Crippen molar-refractivity contribution in [1.82, 2.24) is 5.32 Å². The van der Waals surface area contributed by atoms with E-state index in [4.69, 9.17) is 4.74 Å². The summed E-state index contributed by atoms with van der Waals surface area (Å²) in [6, 6.07) is 13.7. The number of nitrogens with zero attached hydrogens (tertiary/aromatic N) is 1. The van der Waals surface area contributed by atoms with Crippen molar-refractivity contribution in [2.24, 2.45) is 0 Å². The van der Waals surface area contributed by atoms with Crippen LogP contribution < -0.4 is 20.3 Å². The van der Waals surface area contributed by atoms with E-state index in [1.54, 1.807) is 56.4 Å². The first kappa shape index (κ1) is 17.5. The first-order valence-corrected chi connectivity index (χ1v) is 8.17. The molecule has 1 heterocycles. The number of amides is 3. The predicted molar refractivity (Wildman–Crippen MR) is 97.3 cm³/mol. The molecule has 1 aliphatic heterocycles. The second-order valence-corrected chi connectivity index (χ2v) is 5.94. The van der Waals surface area contributed by atoms with E-state index in [0.29, 0.717) is 22.7 Å². The summed E-state index contributed by atoms with van der Waals surface area (Å²) in [4.78, 5) is 37.5. The smallest absolute Gasteiger partial charge is 0.267 e. The number of carbonyl (C=O) groups excluding carboxylic acids is 3. The van der Waals surface area contributed by atoms with E-state index < -0.39 is 6.10 Å². The normalized spacial score (nSPS) is 15.7. The molecule has 0 aliphatic carbocycles. The lowest BCUT2D eigenvalue weighted by Crippen LogP contribution is -2.42. The van der Waals surface area contributed by atoms with Crippen LogP contribution in [0.3, 0.4) is 0 Å². The zero-order chi connectivity index (χ0) is 18.7. The first-order chi connectivity index (χ1) is 12.5. The van der Waals surface area contributed by atoms with Crippen LogP contribution >= 0.6 is 0 Å². The highest BCUT2D eigenvalue weighted by molar-refractivity contribution is 6.02. The van der Waals surface area contributed by atoms with Gasteiger partial charge in [0, 0.05) is 18.3 Å². The molecule has 0 bridgehead atoms. The summed E-state index contributed by atoms with van der Waals surface area (Å²) in [5.74, 6) is -0.265. The maximum absolute atomic E-state index is 12.1. The highest BCUT2D eigenvalue weighted by atomic mass is 16.5. The van der Waals surface area contributed by atoms with E-state index in [0.717, 1.165) is 0 Å². The Hall–Kier alpha value is -3.35. The number of benzene rings is 2. The monoisotopic (exact) mass is 353 g/mol. The molecule has 7 nitrogen and oxygen atoms in total. The maximum atomic E-state index is 12.1. The molecular formula is C19H19N3O4. The number of nitrogens with one attached hydrogen (secondary N) is 2. The predicted octanol–water partition coefficient (Wildman–Crippen LogP) is 1.80. The van der Waals surface area contributed by atoms with Gasteiger partial charge in [-0.15, -0.1) is 0 Å². The molecule has 3 amide bonds. The Labute approximate surface area is 150 Å². The summed E-state index contributed by atoms with van der Waals surface area (Å²) in [6.45, 7) is 1.53. The number of hydrogen-bond donors (Lipinski definition) is 2. The number of ether oxygens (including phenoxy) is 1. The van der Waals surface area contributed by atoms with Gasteiger partial charge in [-0.3, -0.25) is 14.4 Å². The van der Waals surface area contributed by atoms with Crippen molar-refractivity contribution in [3.8, 4) is 5.75 Å². The van der Waals surface area contributed by atoms with Crippen molar-refractivity contribution in [1.29, 1.82) is 0 Å². The van der Waals surface area contributed by atoms with Crippen LogP contribution in [0.15, 0.2) is 48.5 Å². The standard InChI is InChI=1S/C19H19N3O4/c1-12-19(25)22(2)15-10-14(8-9-16(15)26-12)21-17(23)11-20-18(24)13-6-4-3-5-7-13/h3-10,12H,11H2,1-2H3,(H,20,24)(H,21,23)/t12-/m1/s1. The highest BCUT2D eigenvalue weighted by Gasteiger charge is 2.29. The van der Waals surface area contributed by atoms with Gasteiger partial charge in [0.25, 0.3) is 11.8 Å². The van der Waals surface area contributed by atoms with Gasteiger partial charge in [-0.25, -0.2) is 0 Å². The summed E-state index contributed by atoms with van der Waals surface area (Å²) in [7, 11) is 1.66. The van der Waals surface area contributed by atoms with Gasteiger partial charge < -0.3 is 20.3 Å². The lowest BCUT2D eigenvalue weighted by molar-refractivity contribution is -0.125. The molecule has 1 aliphatic rings. The SMILES string of the molecule is C[C@H]1Oc2ccc(NC(=O)CNC(=O)c3ccccc3)cc2N(C)C1=O. The van der Waals surface area contributed by atoms with Crippen LogP contribution in [0.4, 0.5) is 11.4 Å². The number of rotatable bonds is 4. The third-order valence-electron chi connectivity index (χ3n) is 4.03. The van der Waals surface area contributed by atoms with Gasteiger partial charge in [-0.1, -0.05) is 18.2 Å². The van der Waals surface area contributed by atoms with Gasteiger partial charge in [0.05, 0.1) is 12.2 Å². The highest BCUT2D eigenvalue weighted by Crippen LogP contribution is 2.35. The van der Waals surface area contributed by atoms with Crippen LogP contribution in [-0.4, -0.2) is 37.4 Å². The van der Waals surface area contributed by atoms with E-state index in [2.05, 4.69) is 10.6 Å². The van der Waals surface area contributed by atoms with E-state index in [-0.39, 0.29) is 24.3 Å². The fourth-order valence-corrected chi connectivity index (χ4v) is 2.65. The van der Waals surface area contributed by atoms with E-state index in [9.17, 15) is 14.4 Å². The third kappa shape index (κ3) is 3.66. The number of hydrogen-bond acceptors (Lipinski definition) is 4. The topological polar surface area (TPSA) is 87.7 Å². The molecule has 2 aromatic carbocycles. The van der Waals surface area contributed by atoms with Gasteiger partial charge in [0.15, 0.2) is 6.10 Å². The van der Waals surface area contributed by atoms with E-state index in [1.807, 2.05) is 6.07 Å². The summed E-state index contributed by atoms with van der Waals surface area (Å²) < 4.78 is 5.54. The van der Waals surface area contributed by atoms with Gasteiger partial charge in [-0.2, -0.15) is 0 Å². The van der Waals surface area contributed by atoms with Crippen LogP contribution in [0.2, 0.25) is 0 Å². The van der Waals surface area contributed by atoms with Gasteiger partial charge in [0.1, 0.15) is 5.75 Å². The van der Waals surface area contributed by atoms with E-state index in [1.165, 1.54) is 4.90 Å². The molecule has 134 valence electrons. The fraction of sp³-hybridized carbons (Fsp3) is 0.211. The Kier molecular flexibility index (Phi) is 4.88. The summed E-state index contributed by atoms with van der Waals surface area (Å²) in [5, 5.41) is 5.26. The zero-order valence-electron chi connectivity index (χ0n) is 14.5. The van der Waals surface area contributed by atoms with Crippen LogP contribution in [0.1, 0.15) is 17.3 Å². The first-order valence-electron chi connectivity index (χ1n) is 8.17. The number of fused-ring (bicyclic) bond motifs is 1. The van der Waals surface area contributed by atoms with Crippen LogP contribution in [0.25, 0.3) is 0 Å². The molecule has 2 N–H and O–H groups in total. The average Bonchev–Trinajstić information content (AvgIpc) is 2.65. The maximum Gasteiger partial charge on any atom is 0.267 e. The molecule has 0 saturated heterocycles. The Morgan fingerprint density at radius 3 is 2.62 bits per heavy atom. The van der Waals surface area contributed by atoms with Gasteiger partial charge in [-0.05, 0) is 37.3 Å². The van der Waals surface area contributed by atoms with Gasteiger partial charge >= 0.3 is 0 Å². The lowest BCUT2D eigenvalue weighted by Gasteiger charge is -2.30. The summed E-state index contributed by atoms with van der Waals surface area (Å²) in [5.41, 5.74) is 1.58. The summed E-state index contributed by atoms with van der Waals surface area (Å²) in [6.07, 6.45) is -0.541. The molecule has 0 fully saturated rings. The second kappa shape index (κ2) is 7.26.